The molecule has 20 heavy (non-hydrogen) atoms. The molecule has 0 aromatic heterocycles. The van der Waals surface area contributed by atoms with Crippen molar-refractivity contribution in [1.29, 1.82) is 5.41 Å². The molecule has 0 aliphatic carbocycles. The average molecular weight is 297 g/mol. The first-order chi connectivity index (χ1) is 9.31. The normalized spacial score (nSPS) is 11.2. The SMILES string of the molecule is CC(C)CN(CCN(C)C)c1ccc(Cl)cc1C(=N)N. The quantitative estimate of drug-likeness (QED) is 0.601. The van der Waals surface area contributed by atoms with E-state index < -0.39 is 0 Å². The fraction of sp³-hybridized carbons (Fsp3) is 0.533. The van der Waals surface area contributed by atoms with E-state index in [1.165, 1.54) is 0 Å². The van der Waals surface area contributed by atoms with E-state index in [9.17, 15) is 0 Å². The van der Waals surface area contributed by atoms with E-state index in [2.05, 4.69) is 37.7 Å². The molecule has 0 saturated heterocycles. The molecule has 0 aliphatic rings. The number of amidine groups is 1. The number of nitrogens with two attached hydrogens (primary N) is 1. The molecular weight excluding hydrogens is 272 g/mol. The number of benzene rings is 1. The second-order valence-electron chi connectivity index (χ2n) is 5.72. The molecule has 0 fully saturated rings. The maximum Gasteiger partial charge on any atom is 0.124 e. The molecular formula is C15H25ClN4. The Labute approximate surface area is 127 Å². The number of nitrogen functional groups attached to an aromatic ring is 1. The van der Waals surface area contributed by atoms with Crippen LogP contribution in [0, 0.1) is 11.3 Å². The number of halogens is 1. The van der Waals surface area contributed by atoms with Gasteiger partial charge in [0.15, 0.2) is 0 Å². The molecule has 0 unspecified atom stereocenters. The zero-order valence-electron chi connectivity index (χ0n) is 12.8. The van der Waals surface area contributed by atoms with Crippen LogP contribution in [0.1, 0.15) is 19.4 Å². The molecule has 0 atom stereocenters. The van der Waals surface area contributed by atoms with E-state index in [1.807, 2.05) is 12.1 Å². The number of hydrogen-bond acceptors (Lipinski definition) is 3. The number of hydrogen-bond donors (Lipinski definition) is 2. The molecule has 0 heterocycles. The Kier molecular flexibility index (Phi) is 6.30. The minimum Gasteiger partial charge on any atom is -0.384 e. The van der Waals surface area contributed by atoms with Crippen LogP contribution in [-0.4, -0.2) is 44.5 Å². The third-order valence-electron chi connectivity index (χ3n) is 2.99. The van der Waals surface area contributed by atoms with E-state index >= 15 is 0 Å². The van der Waals surface area contributed by atoms with Crippen LogP contribution < -0.4 is 10.6 Å². The van der Waals surface area contributed by atoms with Crippen LogP contribution in [0.25, 0.3) is 0 Å². The van der Waals surface area contributed by atoms with Crippen LogP contribution in [-0.2, 0) is 0 Å². The summed E-state index contributed by atoms with van der Waals surface area (Å²) in [5.41, 5.74) is 7.38. The third-order valence-corrected chi connectivity index (χ3v) is 3.23. The summed E-state index contributed by atoms with van der Waals surface area (Å²) >= 11 is 6.02. The van der Waals surface area contributed by atoms with Gasteiger partial charge in [-0.1, -0.05) is 25.4 Å². The van der Waals surface area contributed by atoms with Crippen molar-refractivity contribution >= 4 is 23.1 Å². The molecule has 1 rings (SSSR count). The average Bonchev–Trinajstić information content (AvgIpc) is 2.33. The summed E-state index contributed by atoms with van der Waals surface area (Å²) in [7, 11) is 4.11. The summed E-state index contributed by atoms with van der Waals surface area (Å²) in [6.45, 7) is 7.15. The highest BCUT2D eigenvalue weighted by atomic mass is 35.5. The molecule has 5 heteroatoms. The Hall–Kier alpha value is -1.26. The van der Waals surface area contributed by atoms with Gasteiger partial charge in [-0.3, -0.25) is 5.41 Å². The fourth-order valence-corrected chi connectivity index (χ4v) is 2.24. The van der Waals surface area contributed by atoms with Crippen LogP contribution in [0.5, 0.6) is 0 Å². The zero-order valence-corrected chi connectivity index (χ0v) is 13.5. The molecule has 3 N–H and O–H groups in total. The number of rotatable bonds is 7. The summed E-state index contributed by atoms with van der Waals surface area (Å²) < 4.78 is 0. The highest BCUT2D eigenvalue weighted by Crippen LogP contribution is 2.25. The predicted octanol–water partition coefficient (Wildman–Crippen LogP) is 2.65. The van der Waals surface area contributed by atoms with E-state index in [0.717, 1.165) is 25.3 Å². The van der Waals surface area contributed by atoms with Crippen molar-refractivity contribution in [3.05, 3.63) is 28.8 Å². The smallest absolute Gasteiger partial charge is 0.124 e. The number of anilines is 1. The van der Waals surface area contributed by atoms with Gasteiger partial charge in [0.25, 0.3) is 0 Å². The lowest BCUT2D eigenvalue weighted by Crippen LogP contribution is -2.35. The molecule has 0 saturated carbocycles. The Balaban J connectivity index is 3.08. The molecule has 1 aromatic carbocycles. The fourth-order valence-electron chi connectivity index (χ4n) is 2.07. The highest BCUT2D eigenvalue weighted by molar-refractivity contribution is 6.31. The van der Waals surface area contributed by atoms with Crippen molar-refractivity contribution in [2.75, 3.05) is 38.6 Å². The van der Waals surface area contributed by atoms with Crippen LogP contribution in [0.4, 0.5) is 5.69 Å². The lowest BCUT2D eigenvalue weighted by Gasteiger charge is -2.30. The molecule has 0 amide bonds. The molecule has 1 aromatic rings. The number of likely N-dealkylation sites (N-methyl/N-ethyl adjacent to an activating group) is 1. The van der Waals surface area contributed by atoms with Crippen molar-refractivity contribution in [3.63, 3.8) is 0 Å². The van der Waals surface area contributed by atoms with Crippen molar-refractivity contribution < 1.29 is 0 Å². The van der Waals surface area contributed by atoms with E-state index in [1.54, 1.807) is 6.07 Å². The first-order valence-corrected chi connectivity index (χ1v) is 7.22. The van der Waals surface area contributed by atoms with Crippen molar-refractivity contribution in [2.45, 2.75) is 13.8 Å². The topological polar surface area (TPSA) is 56.4 Å². The third kappa shape index (κ3) is 5.02. The van der Waals surface area contributed by atoms with Gasteiger partial charge in [0.05, 0.1) is 0 Å². The number of nitrogens with one attached hydrogen (secondary N) is 1. The second kappa shape index (κ2) is 7.50. The first-order valence-electron chi connectivity index (χ1n) is 6.85. The van der Waals surface area contributed by atoms with Gasteiger partial charge in [0.2, 0.25) is 0 Å². The van der Waals surface area contributed by atoms with Gasteiger partial charge in [-0.25, -0.2) is 0 Å². The Morgan fingerprint density at radius 3 is 2.45 bits per heavy atom. The van der Waals surface area contributed by atoms with Crippen molar-refractivity contribution in [1.82, 2.24) is 4.90 Å². The Morgan fingerprint density at radius 2 is 1.95 bits per heavy atom. The zero-order chi connectivity index (χ0) is 15.3. The van der Waals surface area contributed by atoms with Gasteiger partial charge in [-0.05, 0) is 38.2 Å². The Bertz CT molecular complexity index is 457. The summed E-state index contributed by atoms with van der Waals surface area (Å²) in [6, 6.07) is 5.58. The lowest BCUT2D eigenvalue weighted by atomic mass is 10.1. The highest BCUT2D eigenvalue weighted by Gasteiger charge is 2.15. The van der Waals surface area contributed by atoms with Gasteiger partial charge in [-0.15, -0.1) is 0 Å². The molecule has 0 spiro atoms. The molecule has 0 bridgehead atoms. The summed E-state index contributed by atoms with van der Waals surface area (Å²) in [4.78, 5) is 4.43. The molecule has 0 aliphatic heterocycles. The van der Waals surface area contributed by atoms with Gasteiger partial charge in [0.1, 0.15) is 5.84 Å². The monoisotopic (exact) mass is 296 g/mol. The summed E-state index contributed by atoms with van der Waals surface area (Å²) in [5.74, 6) is 0.591. The van der Waals surface area contributed by atoms with E-state index in [4.69, 9.17) is 22.7 Å². The van der Waals surface area contributed by atoms with Crippen LogP contribution >= 0.6 is 11.6 Å². The second-order valence-corrected chi connectivity index (χ2v) is 6.15. The van der Waals surface area contributed by atoms with Crippen LogP contribution in [0.15, 0.2) is 18.2 Å². The summed E-state index contributed by atoms with van der Waals surface area (Å²) in [5, 5.41) is 8.35. The van der Waals surface area contributed by atoms with Gasteiger partial charge in [0, 0.05) is 35.9 Å². The minimum atomic E-state index is 0.0566. The van der Waals surface area contributed by atoms with E-state index in [0.29, 0.717) is 16.5 Å². The maximum atomic E-state index is 7.75. The number of nitrogens with zero attached hydrogens (tertiary/aromatic N) is 2. The standard InChI is InChI=1S/C15H25ClN4/c1-11(2)10-20(8-7-19(3)4)14-6-5-12(16)9-13(14)15(17)18/h5-6,9,11H,7-8,10H2,1-4H3,(H3,17,18). The van der Waals surface area contributed by atoms with Crippen LogP contribution in [0.3, 0.4) is 0 Å². The van der Waals surface area contributed by atoms with Crippen molar-refractivity contribution in [3.8, 4) is 0 Å². The van der Waals surface area contributed by atoms with Gasteiger partial charge < -0.3 is 15.5 Å². The van der Waals surface area contributed by atoms with Gasteiger partial charge in [-0.2, -0.15) is 0 Å². The van der Waals surface area contributed by atoms with Gasteiger partial charge >= 0.3 is 0 Å². The molecule has 4 nitrogen and oxygen atoms in total. The Morgan fingerprint density at radius 1 is 1.30 bits per heavy atom. The largest absolute Gasteiger partial charge is 0.384 e. The van der Waals surface area contributed by atoms with Crippen LogP contribution in [0.2, 0.25) is 5.02 Å². The maximum absolute atomic E-state index is 7.75. The minimum absolute atomic E-state index is 0.0566. The molecule has 112 valence electrons. The van der Waals surface area contributed by atoms with E-state index in [-0.39, 0.29) is 5.84 Å². The first kappa shape index (κ1) is 16.8. The molecule has 0 radical (unpaired) electrons. The predicted molar refractivity (Wildman–Crippen MR) is 88.1 cm³/mol. The lowest BCUT2D eigenvalue weighted by molar-refractivity contribution is 0.409. The van der Waals surface area contributed by atoms with Crippen molar-refractivity contribution in [2.24, 2.45) is 11.7 Å². The summed E-state index contributed by atoms with van der Waals surface area (Å²) in [6.07, 6.45) is 0.